The molecule has 0 fully saturated rings. The van der Waals surface area contributed by atoms with E-state index in [1.165, 1.54) is 0 Å². The third kappa shape index (κ3) is 2.37. The van der Waals surface area contributed by atoms with E-state index in [9.17, 15) is 10.2 Å². The first-order valence-electron chi connectivity index (χ1n) is 3.38. The van der Waals surface area contributed by atoms with Gasteiger partial charge in [0.15, 0.2) is 11.2 Å². The Balaban J connectivity index is 4.61. The van der Waals surface area contributed by atoms with Crippen molar-refractivity contribution in [3.8, 4) is 0 Å². The number of aliphatic hydroxyl groups excluding tert-OH is 2. The van der Waals surface area contributed by atoms with Crippen LogP contribution in [0.5, 0.6) is 0 Å². The largest absolute Gasteiger partial charge is 0.390 e. The highest BCUT2D eigenvalue weighted by atomic mass is 35.5. The van der Waals surface area contributed by atoms with E-state index in [2.05, 4.69) is 0 Å². The number of rotatable bonds is 4. The maximum atomic E-state index is 9.54. The van der Waals surface area contributed by atoms with Crippen molar-refractivity contribution in [2.24, 2.45) is 0 Å². The van der Waals surface area contributed by atoms with Crippen molar-refractivity contribution in [2.75, 3.05) is 0 Å². The fraction of sp³-hybridized carbons (Fsp3) is 1.00. The average Bonchev–Trinajstić information content (AvgIpc) is 2.00. The fourth-order valence-electron chi connectivity index (χ4n) is 0.735. The molecule has 0 spiro atoms. The van der Waals surface area contributed by atoms with E-state index in [1.807, 2.05) is 0 Å². The van der Waals surface area contributed by atoms with Gasteiger partial charge in [-0.3, -0.25) is 0 Å². The van der Waals surface area contributed by atoms with Crippen LogP contribution in [0.15, 0.2) is 0 Å². The Bertz CT molecular complexity index is 132. The van der Waals surface area contributed by atoms with E-state index in [0.29, 0.717) is 0 Å². The second-order valence-electron chi connectivity index (χ2n) is 2.45. The quantitative estimate of drug-likeness (QED) is 0.635. The van der Waals surface area contributed by atoms with Crippen molar-refractivity contribution < 1.29 is 15.3 Å². The zero-order valence-corrected chi connectivity index (χ0v) is 8.68. The first-order valence-corrected chi connectivity index (χ1v) is 4.69. The van der Waals surface area contributed by atoms with Crippen molar-refractivity contribution >= 4 is 34.8 Å². The minimum atomic E-state index is -2.08. The van der Waals surface area contributed by atoms with Crippen LogP contribution in [-0.4, -0.2) is 37.4 Å². The van der Waals surface area contributed by atoms with Gasteiger partial charge in [0, 0.05) is 0 Å². The number of alkyl halides is 3. The number of halogens is 3. The molecule has 3 atom stereocenters. The van der Waals surface area contributed by atoms with Crippen molar-refractivity contribution in [1.29, 1.82) is 0 Å². The minimum Gasteiger partial charge on any atom is -0.390 e. The normalized spacial score (nSPS) is 22.0. The lowest BCUT2D eigenvalue weighted by molar-refractivity contribution is -0.111. The minimum absolute atomic E-state index is 0.191. The molecule has 0 aliphatic heterocycles. The maximum Gasteiger partial charge on any atom is 0.161 e. The second-order valence-corrected chi connectivity index (χ2v) is 3.96. The monoisotopic (exact) mass is 236 g/mol. The van der Waals surface area contributed by atoms with Gasteiger partial charge in [0.25, 0.3) is 0 Å². The first kappa shape index (κ1) is 12.8. The van der Waals surface area contributed by atoms with Gasteiger partial charge >= 0.3 is 0 Å². The van der Waals surface area contributed by atoms with Crippen LogP contribution < -0.4 is 0 Å². The van der Waals surface area contributed by atoms with Crippen molar-refractivity contribution in [2.45, 2.75) is 35.4 Å². The molecule has 74 valence electrons. The van der Waals surface area contributed by atoms with E-state index >= 15 is 0 Å². The van der Waals surface area contributed by atoms with Gasteiger partial charge < -0.3 is 15.3 Å². The van der Waals surface area contributed by atoms with E-state index in [1.54, 1.807) is 6.92 Å². The zero-order valence-electron chi connectivity index (χ0n) is 6.41. The van der Waals surface area contributed by atoms with Crippen LogP contribution in [0, 0.1) is 0 Å². The highest BCUT2D eigenvalue weighted by molar-refractivity contribution is 6.45. The molecule has 0 amide bonds. The molecule has 3 nitrogen and oxygen atoms in total. The Morgan fingerprint density at radius 1 is 1.25 bits per heavy atom. The molecule has 0 aliphatic carbocycles. The fourth-order valence-corrected chi connectivity index (χ4v) is 1.67. The standard InChI is InChI=1S/C6H11Cl3O3/c1-2-3(10)6(12,4(7)8)5(9)11/h3-5,10-12H,2H2,1H3. The number of aliphatic hydroxyl groups is 3. The molecule has 0 aliphatic rings. The summed E-state index contributed by atoms with van der Waals surface area (Å²) in [5.74, 6) is 0. The molecule has 3 N–H and O–H groups in total. The smallest absolute Gasteiger partial charge is 0.161 e. The molecule has 0 aromatic heterocycles. The van der Waals surface area contributed by atoms with Crippen LogP contribution in [0.1, 0.15) is 13.3 Å². The van der Waals surface area contributed by atoms with Gasteiger partial charge in [0.1, 0.15) is 4.84 Å². The van der Waals surface area contributed by atoms with Crippen molar-refractivity contribution in [3.05, 3.63) is 0 Å². The summed E-state index contributed by atoms with van der Waals surface area (Å²) in [4.78, 5) is -1.35. The molecule has 0 heterocycles. The summed E-state index contributed by atoms with van der Waals surface area (Å²) in [5, 5.41) is 27.7. The highest BCUT2D eigenvalue weighted by Gasteiger charge is 2.46. The third-order valence-corrected chi connectivity index (χ3v) is 2.70. The molecule has 0 saturated heterocycles. The van der Waals surface area contributed by atoms with Gasteiger partial charge in [0.05, 0.1) is 6.10 Å². The summed E-state index contributed by atoms with van der Waals surface area (Å²) in [5.41, 5.74) is -3.79. The molecule has 6 heteroatoms. The molecule has 0 rings (SSSR count). The van der Waals surface area contributed by atoms with E-state index in [-0.39, 0.29) is 6.42 Å². The van der Waals surface area contributed by atoms with Gasteiger partial charge in [-0.25, -0.2) is 0 Å². The van der Waals surface area contributed by atoms with Crippen LogP contribution >= 0.6 is 34.8 Å². The number of hydrogen-bond acceptors (Lipinski definition) is 3. The van der Waals surface area contributed by atoms with Crippen LogP contribution in [0.25, 0.3) is 0 Å². The Hall–Kier alpha value is 0.750. The Kier molecular flexibility index (Phi) is 5.14. The summed E-state index contributed by atoms with van der Waals surface area (Å²) in [6.07, 6.45) is -1.07. The molecule has 0 saturated carbocycles. The van der Waals surface area contributed by atoms with Gasteiger partial charge in [0.2, 0.25) is 0 Å². The molecule has 3 unspecified atom stereocenters. The van der Waals surface area contributed by atoms with Gasteiger partial charge in [-0.2, -0.15) is 0 Å². The molecule has 0 aromatic rings. The Morgan fingerprint density at radius 3 is 1.75 bits per heavy atom. The van der Waals surface area contributed by atoms with Crippen molar-refractivity contribution in [1.82, 2.24) is 0 Å². The second kappa shape index (κ2) is 4.84. The summed E-state index contributed by atoms with van der Waals surface area (Å²) < 4.78 is 0. The predicted octanol–water partition coefficient (Wildman–Crippen LogP) is 0.849. The summed E-state index contributed by atoms with van der Waals surface area (Å²) >= 11 is 16.0. The van der Waals surface area contributed by atoms with Gasteiger partial charge in [-0.1, -0.05) is 18.5 Å². The molecule has 12 heavy (non-hydrogen) atoms. The van der Waals surface area contributed by atoms with E-state index in [4.69, 9.17) is 39.9 Å². The van der Waals surface area contributed by atoms with Crippen LogP contribution in [0.2, 0.25) is 0 Å². The molecule has 0 bridgehead atoms. The molecule has 0 aromatic carbocycles. The van der Waals surface area contributed by atoms with E-state index in [0.717, 1.165) is 0 Å². The highest BCUT2D eigenvalue weighted by Crippen LogP contribution is 2.31. The lowest BCUT2D eigenvalue weighted by Gasteiger charge is -2.34. The lowest BCUT2D eigenvalue weighted by Crippen LogP contribution is -2.54. The van der Waals surface area contributed by atoms with E-state index < -0.39 is 22.1 Å². The predicted molar refractivity (Wildman–Crippen MR) is 48.6 cm³/mol. The topological polar surface area (TPSA) is 60.7 Å². The third-order valence-electron chi connectivity index (χ3n) is 1.65. The van der Waals surface area contributed by atoms with Gasteiger partial charge in [-0.15, -0.1) is 23.2 Å². The van der Waals surface area contributed by atoms with Crippen LogP contribution in [-0.2, 0) is 0 Å². The van der Waals surface area contributed by atoms with Crippen molar-refractivity contribution in [3.63, 3.8) is 0 Å². The Morgan fingerprint density at radius 2 is 1.67 bits per heavy atom. The molecular weight excluding hydrogens is 226 g/mol. The zero-order chi connectivity index (χ0) is 9.94. The summed E-state index contributed by atoms with van der Waals surface area (Å²) in [7, 11) is 0. The molecular formula is C6H11Cl3O3. The van der Waals surface area contributed by atoms with Crippen LogP contribution in [0.3, 0.4) is 0 Å². The summed E-state index contributed by atoms with van der Waals surface area (Å²) in [6.45, 7) is 1.60. The lowest BCUT2D eigenvalue weighted by atomic mass is 9.97. The van der Waals surface area contributed by atoms with Gasteiger partial charge in [-0.05, 0) is 6.42 Å². The Labute approximate surface area is 85.9 Å². The molecule has 0 radical (unpaired) electrons. The average molecular weight is 238 g/mol. The van der Waals surface area contributed by atoms with Crippen LogP contribution in [0.4, 0.5) is 0 Å². The SMILES string of the molecule is CCC(O)C(O)(C(O)Cl)C(Cl)Cl. The maximum absolute atomic E-state index is 9.54. The first-order chi connectivity index (χ1) is 5.37. The number of hydrogen-bond donors (Lipinski definition) is 3. The summed E-state index contributed by atoms with van der Waals surface area (Å²) in [6, 6.07) is 0.